The predicted molar refractivity (Wildman–Crippen MR) is 77.0 cm³/mol. The van der Waals surface area contributed by atoms with Gasteiger partial charge in [-0.15, -0.1) is 0 Å². The molecule has 2 rings (SSSR count). The molecule has 2 fully saturated rings. The Labute approximate surface area is 117 Å². The van der Waals surface area contributed by atoms with E-state index < -0.39 is 0 Å². The van der Waals surface area contributed by atoms with Crippen LogP contribution in [0.2, 0.25) is 0 Å². The van der Waals surface area contributed by atoms with Crippen LogP contribution in [-0.2, 0) is 4.74 Å². The molecule has 0 amide bonds. The molecule has 0 radical (unpaired) electrons. The van der Waals surface area contributed by atoms with Crippen LogP contribution in [0.4, 0.5) is 0 Å². The van der Waals surface area contributed by atoms with Gasteiger partial charge >= 0.3 is 0 Å². The lowest BCUT2D eigenvalue weighted by Crippen LogP contribution is -2.52. The highest BCUT2D eigenvalue weighted by atomic mass is 16.5. The van der Waals surface area contributed by atoms with E-state index in [1.807, 2.05) is 0 Å². The van der Waals surface area contributed by atoms with E-state index in [4.69, 9.17) is 10.5 Å². The van der Waals surface area contributed by atoms with Crippen molar-refractivity contribution in [1.29, 1.82) is 0 Å². The molecule has 1 heterocycles. The Morgan fingerprint density at radius 3 is 2.95 bits per heavy atom. The maximum atomic E-state index is 9.44. The third-order valence-electron chi connectivity index (χ3n) is 4.88. The van der Waals surface area contributed by atoms with Gasteiger partial charge in [0.2, 0.25) is 0 Å². The highest BCUT2D eigenvalue weighted by Gasteiger charge is 2.31. The van der Waals surface area contributed by atoms with E-state index in [-0.39, 0.29) is 12.6 Å². The number of ether oxygens (including phenoxy) is 1. The second-order valence-electron chi connectivity index (χ2n) is 6.30. The standard InChI is InChI=1S/C15H30N2O2/c1-2-3-12-4-5-15(16)13(8-12)9-17-6-7-19-11-14(17)10-18/h12-15,18H,2-11,16H2,1H3. The fourth-order valence-corrected chi connectivity index (χ4v) is 3.66. The van der Waals surface area contributed by atoms with E-state index >= 15 is 0 Å². The Kier molecular flexibility index (Phi) is 6.07. The van der Waals surface area contributed by atoms with Crippen LogP contribution in [0.15, 0.2) is 0 Å². The summed E-state index contributed by atoms with van der Waals surface area (Å²) in [5, 5.41) is 9.44. The molecule has 1 aliphatic carbocycles. The first-order chi connectivity index (χ1) is 9.24. The summed E-state index contributed by atoms with van der Waals surface area (Å²) in [4.78, 5) is 2.39. The van der Waals surface area contributed by atoms with Gasteiger partial charge < -0.3 is 15.6 Å². The fourth-order valence-electron chi connectivity index (χ4n) is 3.66. The molecule has 4 heteroatoms. The molecule has 0 spiro atoms. The van der Waals surface area contributed by atoms with E-state index in [0.29, 0.717) is 18.6 Å². The zero-order chi connectivity index (χ0) is 13.7. The molecule has 4 unspecified atom stereocenters. The van der Waals surface area contributed by atoms with Crippen molar-refractivity contribution in [3.05, 3.63) is 0 Å². The molecule has 19 heavy (non-hydrogen) atoms. The minimum Gasteiger partial charge on any atom is -0.395 e. The minimum atomic E-state index is 0.174. The van der Waals surface area contributed by atoms with Crippen molar-refractivity contribution >= 4 is 0 Å². The molecule has 1 aliphatic heterocycles. The number of nitrogens with two attached hydrogens (primary N) is 1. The third kappa shape index (κ3) is 4.15. The summed E-state index contributed by atoms with van der Waals surface area (Å²) in [5.74, 6) is 1.46. The first kappa shape index (κ1) is 15.2. The smallest absolute Gasteiger partial charge is 0.0644 e. The zero-order valence-corrected chi connectivity index (χ0v) is 12.3. The molecule has 0 aromatic rings. The molecule has 1 saturated heterocycles. The summed E-state index contributed by atoms with van der Waals surface area (Å²) in [6.45, 7) is 5.89. The lowest BCUT2D eigenvalue weighted by atomic mass is 9.76. The van der Waals surface area contributed by atoms with Gasteiger partial charge in [-0.3, -0.25) is 4.90 Å². The first-order valence-corrected chi connectivity index (χ1v) is 7.92. The second-order valence-corrected chi connectivity index (χ2v) is 6.30. The number of rotatable bonds is 5. The quantitative estimate of drug-likeness (QED) is 0.789. The Morgan fingerprint density at radius 1 is 1.37 bits per heavy atom. The van der Waals surface area contributed by atoms with Crippen LogP contribution in [-0.4, -0.2) is 55.0 Å². The summed E-state index contributed by atoms with van der Waals surface area (Å²) in [7, 11) is 0. The Hall–Kier alpha value is -0.160. The molecule has 2 aliphatic rings. The summed E-state index contributed by atoms with van der Waals surface area (Å²) in [6.07, 6.45) is 6.37. The molecular formula is C15H30N2O2. The van der Waals surface area contributed by atoms with Crippen LogP contribution in [0.1, 0.15) is 39.0 Å². The van der Waals surface area contributed by atoms with Crippen LogP contribution >= 0.6 is 0 Å². The van der Waals surface area contributed by atoms with E-state index in [9.17, 15) is 5.11 Å². The van der Waals surface area contributed by atoms with Crippen LogP contribution in [0.25, 0.3) is 0 Å². The number of hydrogen-bond donors (Lipinski definition) is 2. The predicted octanol–water partition coefficient (Wildman–Crippen LogP) is 1.22. The minimum absolute atomic E-state index is 0.174. The normalized spacial score (nSPS) is 37.4. The average molecular weight is 270 g/mol. The van der Waals surface area contributed by atoms with E-state index in [1.165, 1.54) is 32.1 Å². The molecule has 0 bridgehead atoms. The Bertz CT molecular complexity index is 263. The Balaban J connectivity index is 1.87. The van der Waals surface area contributed by atoms with Gasteiger partial charge in [-0.25, -0.2) is 0 Å². The van der Waals surface area contributed by atoms with E-state index in [1.54, 1.807) is 0 Å². The second kappa shape index (κ2) is 7.58. The summed E-state index contributed by atoms with van der Waals surface area (Å²) in [6, 6.07) is 0.516. The molecule has 0 aromatic heterocycles. The summed E-state index contributed by atoms with van der Waals surface area (Å²) < 4.78 is 5.45. The van der Waals surface area contributed by atoms with Crippen molar-refractivity contribution in [3.8, 4) is 0 Å². The third-order valence-corrected chi connectivity index (χ3v) is 4.88. The first-order valence-electron chi connectivity index (χ1n) is 7.92. The van der Waals surface area contributed by atoms with Gasteiger partial charge in [0.05, 0.1) is 25.9 Å². The molecule has 1 saturated carbocycles. The number of hydrogen-bond acceptors (Lipinski definition) is 4. The van der Waals surface area contributed by atoms with Crippen LogP contribution in [0.5, 0.6) is 0 Å². The monoisotopic (exact) mass is 270 g/mol. The molecule has 112 valence electrons. The van der Waals surface area contributed by atoms with Crippen molar-refractivity contribution in [2.75, 3.05) is 32.9 Å². The highest BCUT2D eigenvalue weighted by Crippen LogP contribution is 2.32. The van der Waals surface area contributed by atoms with Crippen molar-refractivity contribution in [2.45, 2.75) is 51.1 Å². The van der Waals surface area contributed by atoms with Crippen molar-refractivity contribution in [2.24, 2.45) is 17.6 Å². The number of aliphatic hydroxyl groups is 1. The number of morpholine rings is 1. The van der Waals surface area contributed by atoms with Gasteiger partial charge in [-0.05, 0) is 31.1 Å². The van der Waals surface area contributed by atoms with Crippen LogP contribution < -0.4 is 5.73 Å². The summed E-state index contributed by atoms with van der Waals surface area (Å²) >= 11 is 0. The number of nitrogens with zero attached hydrogens (tertiary/aromatic N) is 1. The van der Waals surface area contributed by atoms with Gasteiger partial charge in [0.25, 0.3) is 0 Å². The van der Waals surface area contributed by atoms with Crippen molar-refractivity contribution < 1.29 is 9.84 Å². The maximum absolute atomic E-state index is 9.44. The molecule has 4 nitrogen and oxygen atoms in total. The SMILES string of the molecule is CCCC1CCC(N)C(CN2CCOCC2CO)C1. The van der Waals surface area contributed by atoms with Crippen LogP contribution in [0, 0.1) is 11.8 Å². The van der Waals surface area contributed by atoms with Gasteiger partial charge in [0, 0.05) is 19.1 Å². The fraction of sp³-hybridized carbons (Fsp3) is 1.00. The zero-order valence-electron chi connectivity index (χ0n) is 12.3. The van der Waals surface area contributed by atoms with Gasteiger partial charge in [-0.1, -0.05) is 19.8 Å². The summed E-state index contributed by atoms with van der Waals surface area (Å²) in [5.41, 5.74) is 6.32. The molecule has 0 aromatic carbocycles. The van der Waals surface area contributed by atoms with Crippen molar-refractivity contribution in [1.82, 2.24) is 4.90 Å². The van der Waals surface area contributed by atoms with Gasteiger partial charge in [0.15, 0.2) is 0 Å². The van der Waals surface area contributed by atoms with Crippen LogP contribution in [0.3, 0.4) is 0 Å². The average Bonchev–Trinajstić information content (AvgIpc) is 2.43. The topological polar surface area (TPSA) is 58.7 Å². The highest BCUT2D eigenvalue weighted by molar-refractivity contribution is 4.86. The lowest BCUT2D eigenvalue weighted by Gasteiger charge is -2.41. The van der Waals surface area contributed by atoms with Gasteiger partial charge in [0.1, 0.15) is 0 Å². The number of aliphatic hydroxyl groups excluding tert-OH is 1. The van der Waals surface area contributed by atoms with E-state index in [0.717, 1.165) is 25.6 Å². The Morgan fingerprint density at radius 2 is 2.21 bits per heavy atom. The largest absolute Gasteiger partial charge is 0.395 e. The van der Waals surface area contributed by atoms with E-state index in [2.05, 4.69) is 11.8 Å². The maximum Gasteiger partial charge on any atom is 0.0644 e. The van der Waals surface area contributed by atoms with Gasteiger partial charge in [-0.2, -0.15) is 0 Å². The molecular weight excluding hydrogens is 240 g/mol. The van der Waals surface area contributed by atoms with Crippen molar-refractivity contribution in [3.63, 3.8) is 0 Å². The molecule has 4 atom stereocenters. The molecule has 3 N–H and O–H groups in total. The lowest BCUT2D eigenvalue weighted by molar-refractivity contribution is -0.0382.